The van der Waals surface area contributed by atoms with Gasteiger partial charge in [-0.2, -0.15) is 13.2 Å². The van der Waals surface area contributed by atoms with Gasteiger partial charge in [0.15, 0.2) is 5.78 Å². The standard InChI is InChI=1S/C15H20F3NO/c1-10(6-5-7-11(2)19)14(20)12-8-3-4-9-13(12)15(16,17)18/h3-4,8-11H,5-7,19H2,1-2H3. The minimum absolute atomic E-state index is 0.0414. The SMILES string of the molecule is CC(N)CCCC(C)C(=O)c1ccccc1C(F)(F)F. The number of rotatable bonds is 6. The van der Waals surface area contributed by atoms with Crippen molar-refractivity contribution in [3.8, 4) is 0 Å². The Morgan fingerprint density at radius 1 is 1.20 bits per heavy atom. The van der Waals surface area contributed by atoms with Gasteiger partial charge >= 0.3 is 6.18 Å². The van der Waals surface area contributed by atoms with E-state index in [0.717, 1.165) is 18.9 Å². The van der Waals surface area contributed by atoms with E-state index in [1.54, 1.807) is 6.92 Å². The van der Waals surface area contributed by atoms with Crippen LogP contribution in [0, 0.1) is 5.92 Å². The first-order valence-electron chi connectivity index (χ1n) is 6.69. The predicted molar refractivity (Wildman–Crippen MR) is 72.4 cm³/mol. The summed E-state index contributed by atoms with van der Waals surface area (Å²) in [6.07, 6.45) is -2.46. The van der Waals surface area contributed by atoms with Crippen LogP contribution in [0.15, 0.2) is 24.3 Å². The number of nitrogens with two attached hydrogens (primary N) is 1. The van der Waals surface area contributed by atoms with Crippen LogP contribution in [-0.2, 0) is 6.18 Å². The van der Waals surface area contributed by atoms with Crippen LogP contribution in [-0.4, -0.2) is 11.8 Å². The lowest BCUT2D eigenvalue weighted by atomic mass is 9.91. The van der Waals surface area contributed by atoms with Gasteiger partial charge < -0.3 is 5.73 Å². The van der Waals surface area contributed by atoms with Crippen molar-refractivity contribution in [2.24, 2.45) is 11.7 Å². The minimum Gasteiger partial charge on any atom is -0.328 e. The van der Waals surface area contributed by atoms with Gasteiger partial charge in [-0.3, -0.25) is 4.79 Å². The highest BCUT2D eigenvalue weighted by Crippen LogP contribution is 2.33. The summed E-state index contributed by atoms with van der Waals surface area (Å²) in [7, 11) is 0. The smallest absolute Gasteiger partial charge is 0.328 e. The number of alkyl halides is 3. The van der Waals surface area contributed by atoms with Gasteiger partial charge in [-0.1, -0.05) is 31.5 Å². The van der Waals surface area contributed by atoms with Crippen molar-refractivity contribution >= 4 is 5.78 Å². The highest BCUT2D eigenvalue weighted by molar-refractivity contribution is 5.99. The quantitative estimate of drug-likeness (QED) is 0.802. The summed E-state index contributed by atoms with van der Waals surface area (Å²) in [6.45, 7) is 3.53. The van der Waals surface area contributed by atoms with E-state index in [9.17, 15) is 18.0 Å². The molecule has 20 heavy (non-hydrogen) atoms. The molecule has 112 valence electrons. The van der Waals surface area contributed by atoms with Gasteiger partial charge in [-0.05, 0) is 25.8 Å². The summed E-state index contributed by atoms with van der Waals surface area (Å²) in [6, 6.07) is 4.98. The second-order valence-corrected chi connectivity index (χ2v) is 5.22. The number of carbonyl (C=O) groups is 1. The second kappa shape index (κ2) is 6.88. The number of Topliss-reactive ketones (excluding diaryl/α,β-unsaturated/α-hetero) is 1. The molecular formula is C15H20F3NO. The number of halogens is 3. The zero-order valence-corrected chi connectivity index (χ0v) is 11.7. The summed E-state index contributed by atoms with van der Waals surface area (Å²) in [5.41, 5.74) is 4.51. The third kappa shape index (κ3) is 4.63. The molecule has 2 atom stereocenters. The summed E-state index contributed by atoms with van der Waals surface area (Å²) >= 11 is 0. The first kappa shape index (κ1) is 16.7. The Bertz CT molecular complexity index is 455. The first-order chi connectivity index (χ1) is 9.23. The molecule has 0 fully saturated rings. The maximum atomic E-state index is 12.9. The fraction of sp³-hybridized carbons (Fsp3) is 0.533. The van der Waals surface area contributed by atoms with E-state index in [4.69, 9.17) is 5.73 Å². The van der Waals surface area contributed by atoms with E-state index in [1.807, 2.05) is 6.92 Å². The van der Waals surface area contributed by atoms with Crippen molar-refractivity contribution in [1.29, 1.82) is 0 Å². The molecular weight excluding hydrogens is 267 g/mol. The van der Waals surface area contributed by atoms with Crippen LogP contribution in [0.3, 0.4) is 0 Å². The monoisotopic (exact) mass is 287 g/mol. The molecule has 0 saturated heterocycles. The maximum absolute atomic E-state index is 12.9. The van der Waals surface area contributed by atoms with E-state index in [1.165, 1.54) is 18.2 Å². The molecule has 1 aromatic rings. The number of hydrogen-bond donors (Lipinski definition) is 1. The van der Waals surface area contributed by atoms with Crippen LogP contribution < -0.4 is 5.73 Å². The average molecular weight is 287 g/mol. The summed E-state index contributed by atoms with van der Waals surface area (Å²) in [5, 5.41) is 0. The second-order valence-electron chi connectivity index (χ2n) is 5.22. The van der Waals surface area contributed by atoms with Crippen molar-refractivity contribution in [3.63, 3.8) is 0 Å². The molecule has 2 unspecified atom stereocenters. The van der Waals surface area contributed by atoms with Crippen molar-refractivity contribution in [3.05, 3.63) is 35.4 Å². The molecule has 0 aromatic heterocycles. The first-order valence-corrected chi connectivity index (χ1v) is 6.69. The van der Waals surface area contributed by atoms with Gasteiger partial charge in [-0.25, -0.2) is 0 Å². The molecule has 0 saturated carbocycles. The van der Waals surface area contributed by atoms with Crippen LogP contribution >= 0.6 is 0 Å². The number of hydrogen-bond acceptors (Lipinski definition) is 2. The van der Waals surface area contributed by atoms with Gasteiger partial charge in [0.2, 0.25) is 0 Å². The van der Waals surface area contributed by atoms with Crippen LogP contribution in [0.1, 0.15) is 49.0 Å². The molecule has 0 heterocycles. The van der Waals surface area contributed by atoms with E-state index in [-0.39, 0.29) is 11.6 Å². The van der Waals surface area contributed by atoms with Crippen LogP contribution in [0.5, 0.6) is 0 Å². The third-order valence-electron chi connectivity index (χ3n) is 3.24. The van der Waals surface area contributed by atoms with Crippen LogP contribution in [0.2, 0.25) is 0 Å². The normalized spacial score (nSPS) is 14.9. The Morgan fingerprint density at radius 2 is 1.80 bits per heavy atom. The van der Waals surface area contributed by atoms with Gasteiger partial charge in [0.05, 0.1) is 5.56 Å². The van der Waals surface area contributed by atoms with Crippen LogP contribution in [0.25, 0.3) is 0 Å². The fourth-order valence-electron chi connectivity index (χ4n) is 2.09. The minimum atomic E-state index is -4.50. The Hall–Kier alpha value is -1.36. The zero-order valence-electron chi connectivity index (χ0n) is 11.7. The molecule has 0 radical (unpaired) electrons. The Morgan fingerprint density at radius 3 is 2.35 bits per heavy atom. The third-order valence-corrected chi connectivity index (χ3v) is 3.24. The van der Waals surface area contributed by atoms with Crippen LogP contribution in [0.4, 0.5) is 13.2 Å². The summed E-state index contributed by atoms with van der Waals surface area (Å²) in [4.78, 5) is 12.2. The molecule has 0 aliphatic rings. The highest BCUT2D eigenvalue weighted by Gasteiger charge is 2.35. The lowest BCUT2D eigenvalue weighted by molar-refractivity contribution is -0.137. The predicted octanol–water partition coefficient (Wildman–Crippen LogP) is 4.04. The van der Waals surface area contributed by atoms with Gasteiger partial charge in [0.25, 0.3) is 0 Å². The lowest BCUT2D eigenvalue weighted by Gasteiger charge is -2.15. The molecule has 2 N–H and O–H groups in total. The fourth-order valence-corrected chi connectivity index (χ4v) is 2.09. The van der Waals surface area contributed by atoms with E-state index < -0.39 is 23.4 Å². The number of ketones is 1. The lowest BCUT2D eigenvalue weighted by Crippen LogP contribution is -2.19. The highest BCUT2D eigenvalue weighted by atomic mass is 19.4. The van der Waals surface area contributed by atoms with E-state index in [2.05, 4.69) is 0 Å². The Labute approximate surface area is 117 Å². The molecule has 0 aliphatic heterocycles. The number of benzene rings is 1. The Kier molecular flexibility index (Phi) is 5.74. The molecule has 1 aromatic carbocycles. The molecule has 1 rings (SSSR count). The van der Waals surface area contributed by atoms with E-state index >= 15 is 0 Å². The topological polar surface area (TPSA) is 43.1 Å². The van der Waals surface area contributed by atoms with Gasteiger partial charge in [0.1, 0.15) is 0 Å². The number of carbonyl (C=O) groups excluding carboxylic acids is 1. The molecule has 0 amide bonds. The van der Waals surface area contributed by atoms with Crippen molar-refractivity contribution in [2.75, 3.05) is 0 Å². The zero-order chi connectivity index (χ0) is 15.3. The molecule has 0 spiro atoms. The molecule has 0 aliphatic carbocycles. The summed E-state index contributed by atoms with van der Waals surface area (Å²) < 4.78 is 38.6. The molecule has 2 nitrogen and oxygen atoms in total. The largest absolute Gasteiger partial charge is 0.417 e. The summed E-state index contributed by atoms with van der Waals surface area (Å²) in [5.74, 6) is -0.889. The average Bonchev–Trinajstić information content (AvgIpc) is 2.36. The Balaban J connectivity index is 2.82. The molecule has 0 bridgehead atoms. The van der Waals surface area contributed by atoms with Crippen molar-refractivity contribution in [2.45, 2.75) is 45.3 Å². The van der Waals surface area contributed by atoms with Gasteiger partial charge in [-0.15, -0.1) is 0 Å². The van der Waals surface area contributed by atoms with Crippen molar-refractivity contribution < 1.29 is 18.0 Å². The maximum Gasteiger partial charge on any atom is 0.417 e. The van der Waals surface area contributed by atoms with E-state index in [0.29, 0.717) is 6.42 Å². The van der Waals surface area contributed by atoms with Crippen molar-refractivity contribution in [1.82, 2.24) is 0 Å². The molecule has 5 heteroatoms. The van der Waals surface area contributed by atoms with Gasteiger partial charge in [0, 0.05) is 17.5 Å².